The van der Waals surface area contributed by atoms with Crippen molar-refractivity contribution in [3.05, 3.63) is 18.2 Å². The topological polar surface area (TPSA) is 53.7 Å². The third kappa shape index (κ3) is 3.49. The molecule has 1 atom stereocenters. The number of ether oxygens (including phenoxy) is 3. The van der Waals surface area contributed by atoms with Crippen LogP contribution < -0.4 is 19.9 Å². The summed E-state index contributed by atoms with van der Waals surface area (Å²) in [5, 5.41) is 0. The van der Waals surface area contributed by atoms with E-state index in [-0.39, 0.29) is 5.92 Å². The minimum Gasteiger partial charge on any atom is -0.493 e. The van der Waals surface area contributed by atoms with E-state index in [0.717, 1.165) is 0 Å². The van der Waals surface area contributed by atoms with E-state index in [1.54, 1.807) is 14.2 Å². The third-order valence-corrected chi connectivity index (χ3v) is 2.74. The molecule has 17 heavy (non-hydrogen) atoms. The van der Waals surface area contributed by atoms with Crippen molar-refractivity contribution in [3.8, 4) is 17.2 Å². The first-order chi connectivity index (χ1) is 8.10. The van der Waals surface area contributed by atoms with E-state index in [2.05, 4.69) is 0 Å². The van der Waals surface area contributed by atoms with Crippen molar-refractivity contribution in [1.82, 2.24) is 0 Å². The van der Waals surface area contributed by atoms with Crippen LogP contribution in [-0.2, 0) is 0 Å². The molecule has 4 nitrogen and oxygen atoms in total. The van der Waals surface area contributed by atoms with E-state index in [9.17, 15) is 0 Å². The van der Waals surface area contributed by atoms with Gasteiger partial charge in [0.15, 0.2) is 11.5 Å². The van der Waals surface area contributed by atoms with Gasteiger partial charge in [-0.2, -0.15) is 0 Å². The number of rotatable bonds is 6. The van der Waals surface area contributed by atoms with Crippen LogP contribution in [0.2, 0.25) is 0 Å². The zero-order valence-electron chi connectivity index (χ0n) is 10.2. The summed E-state index contributed by atoms with van der Waals surface area (Å²) in [6.07, 6.45) is 0. The summed E-state index contributed by atoms with van der Waals surface area (Å²) in [7, 11) is 3.15. The molecule has 1 aromatic rings. The van der Waals surface area contributed by atoms with Crippen LogP contribution in [0.3, 0.4) is 0 Å². The summed E-state index contributed by atoms with van der Waals surface area (Å²) in [4.78, 5) is 0.437. The highest BCUT2D eigenvalue weighted by Crippen LogP contribution is 2.36. The molecule has 0 saturated heterocycles. The summed E-state index contributed by atoms with van der Waals surface area (Å²) < 4.78 is 16.0. The average molecular weight is 255 g/mol. The highest BCUT2D eigenvalue weighted by molar-refractivity contribution is 7.80. The number of nitrogens with two attached hydrogens (primary N) is 1. The fourth-order valence-electron chi connectivity index (χ4n) is 1.27. The molecule has 0 aliphatic heterocycles. The molecule has 5 heteroatoms. The molecule has 0 saturated carbocycles. The molecule has 1 rings (SSSR count). The van der Waals surface area contributed by atoms with Gasteiger partial charge in [0, 0.05) is 5.92 Å². The monoisotopic (exact) mass is 255 g/mol. The highest BCUT2D eigenvalue weighted by atomic mass is 32.1. The van der Waals surface area contributed by atoms with E-state index in [0.29, 0.717) is 28.8 Å². The molecule has 0 bridgehead atoms. The maximum atomic E-state index is 5.62. The van der Waals surface area contributed by atoms with Crippen molar-refractivity contribution in [2.75, 3.05) is 20.8 Å². The Hall–Kier alpha value is -1.49. The quantitative estimate of drug-likeness (QED) is 0.788. The van der Waals surface area contributed by atoms with Gasteiger partial charge in [-0.1, -0.05) is 25.2 Å². The Labute approximate surface area is 107 Å². The SMILES string of the molecule is COc1cccc(OCC(C)C(N)=S)c1OC. The number of hydrogen-bond acceptors (Lipinski definition) is 4. The van der Waals surface area contributed by atoms with Crippen molar-refractivity contribution >= 4 is 17.2 Å². The molecule has 0 fully saturated rings. The van der Waals surface area contributed by atoms with Gasteiger partial charge in [-0.05, 0) is 12.1 Å². The number of thiocarbonyl (C=S) groups is 1. The number of benzene rings is 1. The molecule has 1 unspecified atom stereocenters. The van der Waals surface area contributed by atoms with Gasteiger partial charge in [0.2, 0.25) is 5.75 Å². The van der Waals surface area contributed by atoms with Gasteiger partial charge >= 0.3 is 0 Å². The second kappa shape index (κ2) is 6.30. The molecule has 0 aliphatic rings. The van der Waals surface area contributed by atoms with Crippen LogP contribution in [0.5, 0.6) is 17.2 Å². The summed E-state index contributed by atoms with van der Waals surface area (Å²) >= 11 is 4.89. The van der Waals surface area contributed by atoms with Crippen molar-refractivity contribution in [3.63, 3.8) is 0 Å². The largest absolute Gasteiger partial charge is 0.493 e. The van der Waals surface area contributed by atoms with Gasteiger partial charge < -0.3 is 19.9 Å². The van der Waals surface area contributed by atoms with E-state index >= 15 is 0 Å². The lowest BCUT2D eigenvalue weighted by Gasteiger charge is -2.15. The fraction of sp³-hybridized carbons (Fsp3) is 0.417. The normalized spacial score (nSPS) is 11.7. The molecule has 0 spiro atoms. The van der Waals surface area contributed by atoms with Crippen LogP contribution in [0.25, 0.3) is 0 Å². The zero-order valence-corrected chi connectivity index (χ0v) is 11.0. The molecule has 0 aromatic heterocycles. The first-order valence-corrected chi connectivity index (χ1v) is 5.64. The summed E-state index contributed by atoms with van der Waals surface area (Å²) in [6.45, 7) is 2.33. The van der Waals surface area contributed by atoms with Crippen LogP contribution in [0.1, 0.15) is 6.92 Å². The second-order valence-corrected chi connectivity index (χ2v) is 4.08. The van der Waals surface area contributed by atoms with Crippen LogP contribution in [0, 0.1) is 5.92 Å². The van der Waals surface area contributed by atoms with Gasteiger partial charge in [-0.3, -0.25) is 0 Å². The molecule has 0 radical (unpaired) electrons. The molecule has 0 amide bonds. The first kappa shape index (κ1) is 13.6. The smallest absolute Gasteiger partial charge is 0.203 e. The lowest BCUT2D eigenvalue weighted by atomic mass is 10.2. The molecule has 94 valence electrons. The first-order valence-electron chi connectivity index (χ1n) is 5.23. The maximum Gasteiger partial charge on any atom is 0.203 e. The Morgan fingerprint density at radius 2 is 1.94 bits per heavy atom. The Balaban J connectivity index is 2.80. The van der Waals surface area contributed by atoms with Crippen molar-refractivity contribution < 1.29 is 14.2 Å². The minimum atomic E-state index is 0.0147. The van der Waals surface area contributed by atoms with Crippen molar-refractivity contribution in [1.29, 1.82) is 0 Å². The Morgan fingerprint density at radius 1 is 1.29 bits per heavy atom. The predicted molar refractivity (Wildman–Crippen MR) is 71.0 cm³/mol. The van der Waals surface area contributed by atoms with Crippen LogP contribution in [-0.4, -0.2) is 25.8 Å². The Bertz CT molecular complexity index is 395. The van der Waals surface area contributed by atoms with Crippen LogP contribution in [0.15, 0.2) is 18.2 Å². The van der Waals surface area contributed by atoms with Gasteiger partial charge in [-0.25, -0.2) is 0 Å². The minimum absolute atomic E-state index is 0.0147. The number of para-hydroxylation sites is 1. The molecule has 1 aromatic carbocycles. The standard InChI is InChI=1S/C12H17NO3S/c1-8(12(13)17)7-16-10-6-4-5-9(14-2)11(10)15-3/h4-6,8H,7H2,1-3H3,(H2,13,17). The molecule has 0 heterocycles. The Kier molecular flexibility index (Phi) is 5.03. The highest BCUT2D eigenvalue weighted by Gasteiger charge is 2.12. The molecular weight excluding hydrogens is 238 g/mol. The summed E-state index contributed by atoms with van der Waals surface area (Å²) in [6, 6.07) is 5.46. The van der Waals surface area contributed by atoms with E-state index in [4.69, 9.17) is 32.2 Å². The van der Waals surface area contributed by atoms with E-state index in [1.165, 1.54) is 0 Å². The lowest BCUT2D eigenvalue weighted by Crippen LogP contribution is -2.24. The number of hydrogen-bond donors (Lipinski definition) is 1. The van der Waals surface area contributed by atoms with E-state index in [1.807, 2.05) is 25.1 Å². The van der Waals surface area contributed by atoms with Gasteiger partial charge in [0.25, 0.3) is 0 Å². The van der Waals surface area contributed by atoms with Crippen molar-refractivity contribution in [2.24, 2.45) is 11.7 Å². The zero-order chi connectivity index (χ0) is 12.8. The molecule has 0 aliphatic carbocycles. The summed E-state index contributed by atoms with van der Waals surface area (Å²) in [5.74, 6) is 1.84. The maximum absolute atomic E-state index is 5.62. The average Bonchev–Trinajstić information content (AvgIpc) is 2.34. The molecule has 2 N–H and O–H groups in total. The van der Waals surface area contributed by atoms with Gasteiger partial charge in [0.1, 0.15) is 0 Å². The third-order valence-electron chi connectivity index (χ3n) is 2.34. The van der Waals surface area contributed by atoms with Gasteiger partial charge in [0.05, 0.1) is 25.8 Å². The second-order valence-electron chi connectivity index (χ2n) is 3.61. The van der Waals surface area contributed by atoms with Gasteiger partial charge in [-0.15, -0.1) is 0 Å². The lowest BCUT2D eigenvalue weighted by molar-refractivity contribution is 0.268. The van der Waals surface area contributed by atoms with Crippen LogP contribution in [0.4, 0.5) is 0 Å². The van der Waals surface area contributed by atoms with Crippen LogP contribution >= 0.6 is 12.2 Å². The number of methoxy groups -OCH3 is 2. The molecular formula is C12H17NO3S. The fourth-order valence-corrected chi connectivity index (χ4v) is 1.34. The Morgan fingerprint density at radius 3 is 2.47 bits per heavy atom. The van der Waals surface area contributed by atoms with E-state index < -0.39 is 0 Å². The van der Waals surface area contributed by atoms with Crippen molar-refractivity contribution in [2.45, 2.75) is 6.92 Å². The summed E-state index contributed by atoms with van der Waals surface area (Å²) in [5.41, 5.74) is 5.52. The predicted octanol–water partition coefficient (Wildman–Crippen LogP) is 2.00.